The summed E-state index contributed by atoms with van der Waals surface area (Å²) >= 11 is 0. The molecule has 0 fully saturated rings. The van der Waals surface area contributed by atoms with Crippen molar-refractivity contribution < 1.29 is 14.3 Å². The van der Waals surface area contributed by atoms with Gasteiger partial charge >= 0.3 is 0 Å². The summed E-state index contributed by atoms with van der Waals surface area (Å²) in [5.41, 5.74) is 4.67. The van der Waals surface area contributed by atoms with Gasteiger partial charge < -0.3 is 19.4 Å². The van der Waals surface area contributed by atoms with Gasteiger partial charge in [-0.05, 0) is 42.3 Å². The Kier molecular flexibility index (Phi) is 4.93. The van der Waals surface area contributed by atoms with Gasteiger partial charge in [-0.2, -0.15) is 0 Å². The number of hydrogen-bond donors (Lipinski definition) is 1. The molecule has 0 saturated carbocycles. The molecule has 2 aliphatic heterocycles. The minimum Gasteiger partial charge on any atom is -0.454 e. The first kappa shape index (κ1) is 18.8. The van der Waals surface area contributed by atoms with E-state index in [0.29, 0.717) is 13.1 Å². The van der Waals surface area contributed by atoms with Crippen molar-refractivity contribution in [3.05, 3.63) is 83.2 Å². The van der Waals surface area contributed by atoms with E-state index in [-0.39, 0.29) is 18.7 Å². The Morgan fingerprint density at radius 2 is 1.90 bits per heavy atom. The lowest BCUT2D eigenvalue weighted by Crippen LogP contribution is -2.44. The van der Waals surface area contributed by atoms with Crippen LogP contribution >= 0.6 is 0 Å². The first-order chi connectivity index (χ1) is 14.7. The molecule has 5 rings (SSSR count). The minimum absolute atomic E-state index is 0.0183. The molecule has 1 N–H and O–H groups in total. The van der Waals surface area contributed by atoms with E-state index >= 15 is 0 Å². The van der Waals surface area contributed by atoms with Gasteiger partial charge in [0.15, 0.2) is 11.5 Å². The van der Waals surface area contributed by atoms with Crippen molar-refractivity contribution in [3.8, 4) is 11.5 Å². The lowest BCUT2D eigenvalue weighted by Gasteiger charge is -2.37. The monoisotopic (exact) mass is 403 g/mol. The molecule has 2 aliphatic rings. The van der Waals surface area contributed by atoms with Gasteiger partial charge in [-0.1, -0.05) is 35.9 Å². The molecule has 30 heavy (non-hydrogen) atoms. The van der Waals surface area contributed by atoms with E-state index in [9.17, 15) is 4.79 Å². The third-order valence-corrected chi connectivity index (χ3v) is 5.80. The summed E-state index contributed by atoms with van der Waals surface area (Å²) in [6.45, 7) is 4.89. The summed E-state index contributed by atoms with van der Waals surface area (Å²) in [4.78, 5) is 15.0. The minimum atomic E-state index is 0.0183. The summed E-state index contributed by atoms with van der Waals surface area (Å²) in [5.74, 6) is 1.50. The van der Waals surface area contributed by atoms with Crippen LogP contribution in [-0.4, -0.2) is 35.3 Å². The second-order valence-electron chi connectivity index (χ2n) is 7.87. The maximum Gasteiger partial charge on any atom is 0.234 e. The molecule has 1 unspecified atom stereocenters. The highest BCUT2D eigenvalue weighted by Gasteiger charge is 2.30. The Balaban J connectivity index is 1.29. The highest BCUT2D eigenvalue weighted by atomic mass is 16.7. The number of benzene rings is 2. The van der Waals surface area contributed by atoms with E-state index in [4.69, 9.17) is 9.47 Å². The van der Waals surface area contributed by atoms with Gasteiger partial charge in [-0.25, -0.2) is 0 Å². The van der Waals surface area contributed by atoms with E-state index < -0.39 is 0 Å². The number of amides is 1. The molecule has 2 aromatic carbocycles. The third kappa shape index (κ3) is 3.66. The quantitative estimate of drug-likeness (QED) is 0.711. The largest absolute Gasteiger partial charge is 0.454 e. The second kappa shape index (κ2) is 7.88. The number of carbonyl (C=O) groups is 1. The third-order valence-electron chi connectivity index (χ3n) is 5.80. The standard InChI is InChI=1S/C24H25N3O3/c1-17-4-7-19(8-5-17)24-20-3-2-10-26(20)11-12-27(24)15-23(28)25-14-18-6-9-21-22(13-18)30-16-29-21/h2-10,13,24H,11-12,14-16H2,1H3,(H,25,28). The van der Waals surface area contributed by atoms with Crippen LogP contribution in [0, 0.1) is 6.92 Å². The summed E-state index contributed by atoms with van der Waals surface area (Å²) in [6.07, 6.45) is 2.12. The van der Waals surface area contributed by atoms with Crippen LogP contribution in [0.2, 0.25) is 0 Å². The molecule has 6 heteroatoms. The Morgan fingerprint density at radius 1 is 1.07 bits per heavy atom. The van der Waals surface area contributed by atoms with Crippen molar-refractivity contribution in [2.45, 2.75) is 26.1 Å². The van der Waals surface area contributed by atoms with Gasteiger partial charge in [0.05, 0.1) is 12.6 Å². The number of aryl methyl sites for hydroxylation is 1. The zero-order chi connectivity index (χ0) is 20.5. The number of aromatic nitrogens is 1. The van der Waals surface area contributed by atoms with Gasteiger partial charge in [0, 0.05) is 31.5 Å². The van der Waals surface area contributed by atoms with Crippen molar-refractivity contribution in [3.63, 3.8) is 0 Å². The van der Waals surface area contributed by atoms with Crippen LogP contribution in [0.3, 0.4) is 0 Å². The molecule has 0 bridgehead atoms. The maximum atomic E-state index is 12.8. The Bertz CT molecular complexity index is 1060. The lowest BCUT2D eigenvalue weighted by molar-refractivity contribution is -0.123. The molecule has 0 radical (unpaired) electrons. The predicted octanol–water partition coefficient (Wildman–Crippen LogP) is 3.25. The fourth-order valence-electron chi connectivity index (χ4n) is 4.22. The van der Waals surface area contributed by atoms with Crippen LogP contribution < -0.4 is 14.8 Å². The predicted molar refractivity (Wildman–Crippen MR) is 113 cm³/mol. The molecule has 6 nitrogen and oxygen atoms in total. The molecular weight excluding hydrogens is 378 g/mol. The zero-order valence-corrected chi connectivity index (χ0v) is 17.0. The SMILES string of the molecule is Cc1ccc(C2c3cccn3CCN2CC(=O)NCc2ccc3c(c2)OCO3)cc1. The number of hydrogen-bond acceptors (Lipinski definition) is 4. The number of carbonyl (C=O) groups excluding carboxylic acids is 1. The number of fused-ring (bicyclic) bond motifs is 2. The maximum absolute atomic E-state index is 12.8. The van der Waals surface area contributed by atoms with Crippen molar-refractivity contribution in [2.24, 2.45) is 0 Å². The number of nitrogens with one attached hydrogen (secondary N) is 1. The van der Waals surface area contributed by atoms with E-state index in [1.54, 1.807) is 0 Å². The molecule has 1 amide bonds. The number of ether oxygens (including phenoxy) is 2. The van der Waals surface area contributed by atoms with Crippen molar-refractivity contribution in [1.29, 1.82) is 0 Å². The Morgan fingerprint density at radius 3 is 2.77 bits per heavy atom. The average molecular weight is 403 g/mol. The topological polar surface area (TPSA) is 55.7 Å². The number of nitrogens with zero attached hydrogens (tertiary/aromatic N) is 2. The van der Waals surface area contributed by atoms with Crippen molar-refractivity contribution in [2.75, 3.05) is 19.9 Å². The van der Waals surface area contributed by atoms with Crippen LogP contribution in [0.1, 0.15) is 28.4 Å². The summed E-state index contributed by atoms with van der Waals surface area (Å²) in [6, 6.07) is 18.7. The average Bonchev–Trinajstić information content (AvgIpc) is 3.42. The van der Waals surface area contributed by atoms with E-state index in [1.807, 2.05) is 18.2 Å². The summed E-state index contributed by atoms with van der Waals surface area (Å²) in [5, 5.41) is 3.05. The molecule has 1 atom stereocenters. The molecule has 0 aliphatic carbocycles. The summed E-state index contributed by atoms with van der Waals surface area (Å²) in [7, 11) is 0. The van der Waals surface area contributed by atoms with Crippen molar-refractivity contribution in [1.82, 2.24) is 14.8 Å². The lowest BCUT2D eigenvalue weighted by atomic mass is 9.99. The zero-order valence-electron chi connectivity index (χ0n) is 17.0. The number of rotatable bonds is 5. The van der Waals surface area contributed by atoms with Crippen molar-refractivity contribution >= 4 is 5.91 Å². The Labute approximate surface area is 176 Å². The molecular formula is C24H25N3O3. The van der Waals surface area contributed by atoms with Gasteiger partial charge in [0.1, 0.15) is 0 Å². The molecule has 0 spiro atoms. The second-order valence-corrected chi connectivity index (χ2v) is 7.87. The summed E-state index contributed by atoms with van der Waals surface area (Å²) < 4.78 is 13.0. The van der Waals surface area contributed by atoms with E-state index in [1.165, 1.54) is 16.8 Å². The van der Waals surface area contributed by atoms with Gasteiger partial charge in [-0.3, -0.25) is 9.69 Å². The molecule has 3 aromatic rings. The fourth-order valence-corrected chi connectivity index (χ4v) is 4.22. The Hall–Kier alpha value is -3.25. The van der Waals surface area contributed by atoms with Gasteiger partial charge in [0.25, 0.3) is 0 Å². The van der Waals surface area contributed by atoms with Crippen LogP contribution in [0.25, 0.3) is 0 Å². The normalized spacial score (nSPS) is 17.6. The van der Waals surface area contributed by atoms with Crippen LogP contribution in [0.4, 0.5) is 0 Å². The molecule has 1 aromatic heterocycles. The van der Waals surface area contributed by atoms with Gasteiger partial charge in [0.2, 0.25) is 12.7 Å². The smallest absolute Gasteiger partial charge is 0.234 e. The van der Waals surface area contributed by atoms with E-state index in [2.05, 4.69) is 64.3 Å². The highest BCUT2D eigenvalue weighted by Crippen LogP contribution is 2.33. The molecule has 0 saturated heterocycles. The first-order valence-electron chi connectivity index (χ1n) is 10.3. The molecule has 3 heterocycles. The highest BCUT2D eigenvalue weighted by molar-refractivity contribution is 5.78. The van der Waals surface area contributed by atoms with Crippen LogP contribution in [-0.2, 0) is 17.9 Å². The first-order valence-corrected chi connectivity index (χ1v) is 10.3. The van der Waals surface area contributed by atoms with E-state index in [0.717, 1.165) is 30.2 Å². The van der Waals surface area contributed by atoms with Gasteiger partial charge in [-0.15, -0.1) is 0 Å². The van der Waals surface area contributed by atoms with Crippen LogP contribution in [0.5, 0.6) is 11.5 Å². The fraction of sp³-hybridized carbons (Fsp3) is 0.292. The molecule has 154 valence electrons. The van der Waals surface area contributed by atoms with Crippen LogP contribution in [0.15, 0.2) is 60.8 Å².